The number of benzene rings is 1. The maximum absolute atomic E-state index is 11.7. The number of nitrogens with zero attached hydrogens (tertiary/aromatic N) is 2. The molecule has 0 radical (unpaired) electrons. The monoisotopic (exact) mass is 214 g/mol. The summed E-state index contributed by atoms with van der Waals surface area (Å²) < 4.78 is 1.62. The van der Waals surface area contributed by atoms with Gasteiger partial charge in [0.05, 0.1) is 11.2 Å². The zero-order chi connectivity index (χ0) is 11.1. The third-order valence-electron chi connectivity index (χ3n) is 3.27. The molecule has 1 heterocycles. The van der Waals surface area contributed by atoms with Crippen LogP contribution >= 0.6 is 0 Å². The van der Waals surface area contributed by atoms with Gasteiger partial charge in [0.25, 0.3) is 0 Å². The second-order valence-electron chi connectivity index (χ2n) is 4.56. The molecule has 0 bridgehead atoms. The summed E-state index contributed by atoms with van der Waals surface area (Å²) in [6.07, 6.45) is 3.52. The molecule has 1 saturated carbocycles. The SMILES string of the molecule is Cn1c(=O)nc(CC2CC2)c2ccccc21. The third kappa shape index (κ3) is 1.52. The fourth-order valence-electron chi connectivity index (χ4n) is 2.11. The molecule has 0 saturated heterocycles. The molecule has 0 N–H and O–H groups in total. The topological polar surface area (TPSA) is 34.9 Å². The molecule has 3 heteroatoms. The van der Waals surface area contributed by atoms with Crippen LogP contribution in [0.2, 0.25) is 0 Å². The fourth-order valence-corrected chi connectivity index (χ4v) is 2.11. The Morgan fingerprint density at radius 1 is 1.38 bits per heavy atom. The molecule has 2 aromatic rings. The van der Waals surface area contributed by atoms with E-state index in [9.17, 15) is 4.79 Å². The zero-order valence-corrected chi connectivity index (χ0v) is 9.31. The Kier molecular flexibility index (Phi) is 2.06. The molecule has 1 aliphatic carbocycles. The highest BCUT2D eigenvalue weighted by Gasteiger charge is 2.23. The molecule has 3 rings (SSSR count). The number of aryl methyl sites for hydroxylation is 1. The number of hydrogen-bond acceptors (Lipinski definition) is 2. The molecule has 16 heavy (non-hydrogen) atoms. The van der Waals surface area contributed by atoms with Gasteiger partial charge in [-0.15, -0.1) is 0 Å². The van der Waals surface area contributed by atoms with Gasteiger partial charge in [-0.05, 0) is 31.2 Å². The van der Waals surface area contributed by atoms with Crippen molar-refractivity contribution in [3.63, 3.8) is 0 Å². The van der Waals surface area contributed by atoms with Crippen LogP contribution in [0.1, 0.15) is 18.5 Å². The van der Waals surface area contributed by atoms with Crippen molar-refractivity contribution in [2.24, 2.45) is 13.0 Å². The van der Waals surface area contributed by atoms with Crippen molar-refractivity contribution in [3.8, 4) is 0 Å². The zero-order valence-electron chi connectivity index (χ0n) is 9.31. The van der Waals surface area contributed by atoms with Gasteiger partial charge in [0.15, 0.2) is 0 Å². The maximum atomic E-state index is 11.7. The molecule has 0 unspecified atom stereocenters. The lowest BCUT2D eigenvalue weighted by Gasteiger charge is -2.08. The van der Waals surface area contributed by atoms with E-state index in [0.717, 1.165) is 28.9 Å². The van der Waals surface area contributed by atoms with E-state index < -0.39 is 0 Å². The minimum Gasteiger partial charge on any atom is -0.295 e. The number of fused-ring (bicyclic) bond motifs is 1. The second kappa shape index (κ2) is 3.44. The van der Waals surface area contributed by atoms with Gasteiger partial charge in [-0.1, -0.05) is 18.2 Å². The standard InChI is InChI=1S/C13H14N2O/c1-15-12-5-3-2-4-10(12)11(14-13(15)16)8-9-6-7-9/h2-5,9H,6-8H2,1H3. The summed E-state index contributed by atoms with van der Waals surface area (Å²) in [5.41, 5.74) is 1.81. The van der Waals surface area contributed by atoms with Crippen molar-refractivity contribution in [2.45, 2.75) is 19.3 Å². The van der Waals surface area contributed by atoms with E-state index >= 15 is 0 Å². The lowest BCUT2D eigenvalue weighted by atomic mass is 10.1. The summed E-state index contributed by atoms with van der Waals surface area (Å²) in [5.74, 6) is 0.753. The van der Waals surface area contributed by atoms with Crippen LogP contribution in [-0.2, 0) is 13.5 Å². The first-order valence-electron chi connectivity index (χ1n) is 5.70. The first-order chi connectivity index (χ1) is 7.75. The largest absolute Gasteiger partial charge is 0.348 e. The number of hydrogen-bond donors (Lipinski definition) is 0. The molecule has 1 aliphatic rings. The number of rotatable bonds is 2. The lowest BCUT2D eigenvalue weighted by molar-refractivity contribution is 0.772. The molecular formula is C13H14N2O. The Morgan fingerprint density at radius 3 is 2.88 bits per heavy atom. The first-order valence-corrected chi connectivity index (χ1v) is 5.70. The van der Waals surface area contributed by atoms with Gasteiger partial charge in [-0.2, -0.15) is 4.98 Å². The van der Waals surface area contributed by atoms with E-state index in [1.807, 2.05) is 18.2 Å². The van der Waals surface area contributed by atoms with Crippen LogP contribution in [0.4, 0.5) is 0 Å². The third-order valence-corrected chi connectivity index (χ3v) is 3.27. The molecular weight excluding hydrogens is 200 g/mol. The quantitative estimate of drug-likeness (QED) is 0.765. The van der Waals surface area contributed by atoms with Crippen LogP contribution in [-0.4, -0.2) is 9.55 Å². The molecule has 0 aliphatic heterocycles. The van der Waals surface area contributed by atoms with E-state index in [-0.39, 0.29) is 5.69 Å². The summed E-state index contributed by atoms with van der Waals surface area (Å²) in [5, 5.41) is 1.12. The van der Waals surface area contributed by atoms with Crippen LogP contribution in [0.15, 0.2) is 29.1 Å². The first kappa shape index (κ1) is 9.58. The Hall–Kier alpha value is -1.64. The molecule has 82 valence electrons. The second-order valence-corrected chi connectivity index (χ2v) is 4.56. The Labute approximate surface area is 93.7 Å². The van der Waals surface area contributed by atoms with Gasteiger partial charge in [0, 0.05) is 12.4 Å². The van der Waals surface area contributed by atoms with Gasteiger partial charge in [0.1, 0.15) is 0 Å². The van der Waals surface area contributed by atoms with E-state index in [4.69, 9.17) is 0 Å². The van der Waals surface area contributed by atoms with E-state index in [1.54, 1.807) is 11.6 Å². The van der Waals surface area contributed by atoms with E-state index in [1.165, 1.54) is 12.8 Å². The molecule has 1 fully saturated rings. The average Bonchev–Trinajstić information content (AvgIpc) is 3.10. The lowest BCUT2D eigenvalue weighted by Crippen LogP contribution is -2.22. The van der Waals surface area contributed by atoms with Crippen molar-refractivity contribution >= 4 is 10.9 Å². The number of aromatic nitrogens is 2. The van der Waals surface area contributed by atoms with Crippen LogP contribution in [0.3, 0.4) is 0 Å². The van der Waals surface area contributed by atoms with Crippen molar-refractivity contribution in [1.82, 2.24) is 9.55 Å². The predicted octanol–water partition coefficient (Wildman–Crippen LogP) is 1.89. The molecule has 0 spiro atoms. The maximum Gasteiger partial charge on any atom is 0.348 e. The van der Waals surface area contributed by atoms with E-state index in [0.29, 0.717) is 0 Å². The highest BCUT2D eigenvalue weighted by molar-refractivity contribution is 5.81. The van der Waals surface area contributed by atoms with Crippen LogP contribution < -0.4 is 5.69 Å². The molecule has 3 nitrogen and oxygen atoms in total. The highest BCUT2D eigenvalue weighted by Crippen LogP contribution is 2.33. The Bertz CT molecular complexity index is 596. The van der Waals surface area contributed by atoms with Gasteiger partial charge in [0.2, 0.25) is 0 Å². The summed E-state index contributed by atoms with van der Waals surface area (Å²) in [6, 6.07) is 8.00. The van der Waals surface area contributed by atoms with Crippen molar-refractivity contribution in [2.75, 3.05) is 0 Å². The van der Waals surface area contributed by atoms with Crippen LogP contribution in [0.25, 0.3) is 10.9 Å². The molecule has 1 aromatic carbocycles. The van der Waals surface area contributed by atoms with Gasteiger partial charge in [-0.25, -0.2) is 4.79 Å². The molecule has 0 amide bonds. The van der Waals surface area contributed by atoms with Gasteiger partial charge in [-0.3, -0.25) is 4.57 Å². The molecule has 1 aromatic heterocycles. The molecule has 0 atom stereocenters. The van der Waals surface area contributed by atoms with Crippen LogP contribution in [0.5, 0.6) is 0 Å². The van der Waals surface area contributed by atoms with E-state index in [2.05, 4.69) is 11.1 Å². The minimum absolute atomic E-state index is 0.144. The smallest absolute Gasteiger partial charge is 0.295 e. The average molecular weight is 214 g/mol. The highest BCUT2D eigenvalue weighted by atomic mass is 16.1. The van der Waals surface area contributed by atoms with Crippen molar-refractivity contribution < 1.29 is 0 Å². The Morgan fingerprint density at radius 2 is 2.12 bits per heavy atom. The Balaban J connectivity index is 2.26. The normalized spacial score (nSPS) is 15.6. The summed E-state index contributed by atoms with van der Waals surface area (Å²) in [7, 11) is 1.78. The predicted molar refractivity (Wildman–Crippen MR) is 63.4 cm³/mol. The minimum atomic E-state index is -0.144. The van der Waals surface area contributed by atoms with Crippen molar-refractivity contribution in [1.29, 1.82) is 0 Å². The van der Waals surface area contributed by atoms with Crippen LogP contribution in [0, 0.1) is 5.92 Å². The fraction of sp³-hybridized carbons (Fsp3) is 0.385. The van der Waals surface area contributed by atoms with Gasteiger partial charge < -0.3 is 0 Å². The number of para-hydroxylation sites is 1. The van der Waals surface area contributed by atoms with Gasteiger partial charge >= 0.3 is 5.69 Å². The van der Waals surface area contributed by atoms with Crippen molar-refractivity contribution in [3.05, 3.63) is 40.4 Å². The summed E-state index contributed by atoms with van der Waals surface area (Å²) >= 11 is 0. The summed E-state index contributed by atoms with van der Waals surface area (Å²) in [6.45, 7) is 0. The summed E-state index contributed by atoms with van der Waals surface area (Å²) in [4.78, 5) is 15.9.